The third kappa shape index (κ3) is 1.60. The Bertz CT molecular complexity index is 660. The fraction of sp³-hybridized carbons (Fsp3) is 0.545. The lowest BCUT2D eigenvalue weighted by Gasteiger charge is -2.16. The fourth-order valence-corrected chi connectivity index (χ4v) is 1.98. The van der Waals surface area contributed by atoms with Gasteiger partial charge in [0, 0.05) is 12.1 Å². The van der Waals surface area contributed by atoms with E-state index in [9.17, 15) is 9.59 Å². The van der Waals surface area contributed by atoms with Crippen LogP contribution in [0.2, 0.25) is 0 Å². The van der Waals surface area contributed by atoms with Gasteiger partial charge in [-0.25, -0.2) is 4.79 Å². The van der Waals surface area contributed by atoms with Crippen LogP contribution < -0.4 is 11.2 Å². The summed E-state index contributed by atoms with van der Waals surface area (Å²) in [5.41, 5.74) is -0.0886. The second kappa shape index (κ2) is 3.87. The van der Waals surface area contributed by atoms with E-state index in [1.54, 1.807) is 4.57 Å². The third-order valence-electron chi connectivity index (χ3n) is 2.75. The zero-order valence-corrected chi connectivity index (χ0v) is 10.4. The second-order valence-corrected chi connectivity index (χ2v) is 4.65. The zero-order chi connectivity index (χ0) is 12.7. The highest BCUT2D eigenvalue weighted by Crippen LogP contribution is 2.10. The minimum Gasteiger partial charge on any atom is -0.275 e. The molecule has 1 N–H and O–H groups in total. The molecule has 2 rings (SSSR count). The Balaban J connectivity index is 3.03. The Labute approximate surface area is 97.9 Å². The number of hydrogen-bond donors (Lipinski definition) is 1. The van der Waals surface area contributed by atoms with Gasteiger partial charge in [0.25, 0.3) is 5.56 Å². The molecule has 17 heavy (non-hydrogen) atoms. The van der Waals surface area contributed by atoms with E-state index in [2.05, 4.69) is 10.2 Å². The van der Waals surface area contributed by atoms with E-state index in [-0.39, 0.29) is 23.3 Å². The lowest BCUT2D eigenvalue weighted by molar-refractivity contribution is 0.487. The maximum atomic E-state index is 12.3. The van der Waals surface area contributed by atoms with E-state index in [4.69, 9.17) is 0 Å². The Hall–Kier alpha value is -1.85. The molecule has 2 aromatic heterocycles. The van der Waals surface area contributed by atoms with Gasteiger partial charge in [-0.2, -0.15) is 5.10 Å². The van der Waals surface area contributed by atoms with Crippen molar-refractivity contribution in [3.05, 3.63) is 27.0 Å². The molecule has 92 valence electrons. The van der Waals surface area contributed by atoms with E-state index < -0.39 is 0 Å². The molecule has 0 saturated heterocycles. The highest BCUT2D eigenvalue weighted by Gasteiger charge is 2.17. The van der Waals surface area contributed by atoms with Crippen molar-refractivity contribution in [1.29, 1.82) is 0 Å². The monoisotopic (exact) mass is 236 g/mol. The number of aromatic amines is 1. The van der Waals surface area contributed by atoms with Crippen molar-refractivity contribution in [2.24, 2.45) is 0 Å². The predicted octanol–water partition coefficient (Wildman–Crippen LogP) is 1.05. The maximum absolute atomic E-state index is 12.3. The van der Waals surface area contributed by atoms with Crippen LogP contribution >= 0.6 is 0 Å². The zero-order valence-electron chi connectivity index (χ0n) is 10.4. The van der Waals surface area contributed by atoms with Crippen LogP contribution in [0.5, 0.6) is 0 Å². The van der Waals surface area contributed by atoms with Gasteiger partial charge in [0.15, 0.2) is 0 Å². The van der Waals surface area contributed by atoms with Gasteiger partial charge in [-0.15, -0.1) is 0 Å². The number of fused-ring (bicyclic) bond motifs is 1. The molecule has 0 radical (unpaired) electrons. The molecular weight excluding hydrogens is 220 g/mol. The number of aromatic nitrogens is 4. The SMILES string of the molecule is CC(C)n1c(=O)c2cn[nH]c2n(C(C)C)c1=O. The van der Waals surface area contributed by atoms with Gasteiger partial charge in [-0.3, -0.25) is 19.0 Å². The van der Waals surface area contributed by atoms with Gasteiger partial charge in [-0.1, -0.05) is 0 Å². The number of hydrogen-bond acceptors (Lipinski definition) is 3. The smallest absolute Gasteiger partial charge is 0.275 e. The molecular formula is C11H16N4O2. The molecule has 0 atom stereocenters. The van der Waals surface area contributed by atoms with Crippen LogP contribution in [0.15, 0.2) is 15.8 Å². The lowest BCUT2D eigenvalue weighted by atomic mass is 10.3. The van der Waals surface area contributed by atoms with Crippen LogP contribution in [0.3, 0.4) is 0 Å². The summed E-state index contributed by atoms with van der Waals surface area (Å²) < 4.78 is 2.82. The highest BCUT2D eigenvalue weighted by atomic mass is 16.2. The summed E-state index contributed by atoms with van der Waals surface area (Å²) in [6.07, 6.45) is 1.47. The molecule has 0 aliphatic heterocycles. The van der Waals surface area contributed by atoms with Gasteiger partial charge < -0.3 is 0 Å². The van der Waals surface area contributed by atoms with E-state index in [1.807, 2.05) is 27.7 Å². The first-order valence-electron chi connectivity index (χ1n) is 5.65. The molecule has 0 aliphatic rings. The normalized spacial score (nSPS) is 11.9. The van der Waals surface area contributed by atoms with Gasteiger partial charge in [0.2, 0.25) is 0 Å². The van der Waals surface area contributed by atoms with Crippen LogP contribution in [-0.2, 0) is 0 Å². The van der Waals surface area contributed by atoms with Gasteiger partial charge in [0.1, 0.15) is 11.0 Å². The Morgan fingerprint density at radius 1 is 1.12 bits per heavy atom. The highest BCUT2D eigenvalue weighted by molar-refractivity contribution is 5.72. The van der Waals surface area contributed by atoms with Crippen LogP contribution in [0, 0.1) is 0 Å². The summed E-state index contributed by atoms with van der Waals surface area (Å²) in [7, 11) is 0. The average Bonchev–Trinajstić information content (AvgIpc) is 2.65. The predicted molar refractivity (Wildman–Crippen MR) is 65.4 cm³/mol. The Morgan fingerprint density at radius 2 is 1.71 bits per heavy atom. The first kappa shape index (κ1) is 11.6. The summed E-state index contributed by atoms with van der Waals surface area (Å²) in [5, 5.41) is 7.02. The van der Waals surface area contributed by atoms with Crippen molar-refractivity contribution in [2.45, 2.75) is 39.8 Å². The lowest BCUT2D eigenvalue weighted by Crippen LogP contribution is -2.41. The van der Waals surface area contributed by atoms with E-state index in [0.717, 1.165) is 0 Å². The van der Waals surface area contributed by atoms with Crippen LogP contribution in [0.4, 0.5) is 0 Å². The molecule has 6 nitrogen and oxygen atoms in total. The standard InChI is InChI=1S/C11H16N4O2/c1-6(2)14-9-8(5-12-13-9)10(16)15(7(3)4)11(14)17/h5-7H,1-4H3,(H,12,13). The van der Waals surface area contributed by atoms with Crippen molar-refractivity contribution in [1.82, 2.24) is 19.3 Å². The van der Waals surface area contributed by atoms with E-state index in [1.165, 1.54) is 10.8 Å². The van der Waals surface area contributed by atoms with Crippen LogP contribution in [0.25, 0.3) is 11.0 Å². The van der Waals surface area contributed by atoms with Gasteiger partial charge in [-0.05, 0) is 27.7 Å². The average molecular weight is 236 g/mol. The molecule has 0 aliphatic carbocycles. The van der Waals surface area contributed by atoms with Crippen molar-refractivity contribution in [3.8, 4) is 0 Å². The first-order valence-corrected chi connectivity index (χ1v) is 5.65. The summed E-state index contributed by atoms with van der Waals surface area (Å²) in [4.78, 5) is 24.4. The molecule has 0 aromatic carbocycles. The molecule has 0 amide bonds. The Morgan fingerprint density at radius 3 is 2.24 bits per heavy atom. The minimum absolute atomic E-state index is 0.0314. The summed E-state index contributed by atoms with van der Waals surface area (Å²) in [6.45, 7) is 7.44. The summed E-state index contributed by atoms with van der Waals surface area (Å²) in [5.74, 6) is 0. The number of rotatable bonds is 2. The number of H-pyrrole nitrogens is 1. The Kier molecular flexibility index (Phi) is 2.65. The summed E-state index contributed by atoms with van der Waals surface area (Å²) >= 11 is 0. The number of nitrogens with one attached hydrogen (secondary N) is 1. The van der Waals surface area contributed by atoms with Gasteiger partial charge in [0.05, 0.1) is 6.20 Å². The largest absolute Gasteiger partial charge is 0.333 e. The van der Waals surface area contributed by atoms with Crippen molar-refractivity contribution in [2.75, 3.05) is 0 Å². The van der Waals surface area contributed by atoms with Crippen LogP contribution in [0.1, 0.15) is 39.8 Å². The fourth-order valence-electron chi connectivity index (χ4n) is 1.98. The molecule has 2 aromatic rings. The second-order valence-electron chi connectivity index (χ2n) is 4.65. The molecule has 0 unspecified atom stereocenters. The summed E-state index contributed by atoms with van der Waals surface area (Å²) in [6, 6.07) is -0.199. The van der Waals surface area contributed by atoms with Crippen molar-refractivity contribution < 1.29 is 0 Å². The minimum atomic E-state index is -0.295. The third-order valence-corrected chi connectivity index (χ3v) is 2.75. The molecule has 0 spiro atoms. The van der Waals surface area contributed by atoms with Crippen molar-refractivity contribution in [3.63, 3.8) is 0 Å². The van der Waals surface area contributed by atoms with Gasteiger partial charge >= 0.3 is 5.69 Å². The first-order chi connectivity index (χ1) is 7.95. The molecule has 0 bridgehead atoms. The van der Waals surface area contributed by atoms with E-state index >= 15 is 0 Å². The molecule has 6 heteroatoms. The molecule has 0 fully saturated rings. The van der Waals surface area contributed by atoms with E-state index in [0.29, 0.717) is 11.0 Å². The topological polar surface area (TPSA) is 72.7 Å². The number of nitrogens with zero attached hydrogens (tertiary/aromatic N) is 3. The van der Waals surface area contributed by atoms with Crippen molar-refractivity contribution >= 4 is 11.0 Å². The quantitative estimate of drug-likeness (QED) is 0.847. The van der Waals surface area contributed by atoms with Crippen LogP contribution in [-0.4, -0.2) is 19.3 Å². The maximum Gasteiger partial charge on any atom is 0.333 e. The molecule has 2 heterocycles. The molecule has 0 saturated carbocycles.